The summed E-state index contributed by atoms with van der Waals surface area (Å²) in [4.78, 5) is 11.8. The lowest BCUT2D eigenvalue weighted by molar-refractivity contribution is 0.511. The van der Waals surface area contributed by atoms with E-state index in [0.717, 1.165) is 12.1 Å². The van der Waals surface area contributed by atoms with E-state index in [1.165, 1.54) is 0 Å². The molecule has 1 heterocycles. The highest BCUT2D eigenvalue weighted by molar-refractivity contribution is 5.96. The second-order valence-electron chi connectivity index (χ2n) is 4.95. The number of nitrogens with two attached hydrogens (primary N) is 2. The summed E-state index contributed by atoms with van der Waals surface area (Å²) in [7, 11) is 0. The van der Waals surface area contributed by atoms with E-state index in [1.807, 2.05) is 0 Å². The van der Waals surface area contributed by atoms with Crippen LogP contribution in [0.25, 0.3) is 22.0 Å². The van der Waals surface area contributed by atoms with Crippen molar-refractivity contribution in [2.24, 2.45) is 0 Å². The maximum Gasteiger partial charge on any atom is 0.272 e. The maximum absolute atomic E-state index is 13.6. The molecular weight excluding hydrogens is 290 g/mol. The number of hydrogen-bond acceptors (Lipinski definition) is 4. The number of H-pyrrole nitrogens is 1. The Morgan fingerprint density at radius 3 is 2.41 bits per heavy atom. The van der Waals surface area contributed by atoms with Gasteiger partial charge < -0.3 is 11.5 Å². The Hall–Kier alpha value is -2.96. The van der Waals surface area contributed by atoms with Crippen molar-refractivity contribution in [2.75, 3.05) is 11.5 Å². The number of rotatable bonds is 1. The summed E-state index contributed by atoms with van der Waals surface area (Å²) >= 11 is 0. The number of nitrogens with zero attached hydrogens (tertiary/aromatic N) is 1. The number of fused-ring (bicyclic) bond motifs is 1. The quantitative estimate of drug-likeness (QED) is 0.601. The van der Waals surface area contributed by atoms with Crippen LogP contribution in [-0.2, 0) is 0 Å². The van der Waals surface area contributed by atoms with Crippen molar-refractivity contribution >= 4 is 22.1 Å². The summed E-state index contributed by atoms with van der Waals surface area (Å²) < 4.78 is 26.9. The number of anilines is 2. The molecule has 5 nitrogen and oxygen atoms in total. The van der Waals surface area contributed by atoms with Gasteiger partial charge in [0.15, 0.2) is 11.6 Å². The van der Waals surface area contributed by atoms with Crippen molar-refractivity contribution in [3.05, 3.63) is 51.8 Å². The van der Waals surface area contributed by atoms with Gasteiger partial charge in [0.05, 0.1) is 22.5 Å². The Kier molecular flexibility index (Phi) is 3.05. The van der Waals surface area contributed by atoms with Gasteiger partial charge in [-0.3, -0.25) is 4.79 Å². The Balaban J connectivity index is 2.42. The van der Waals surface area contributed by atoms with Crippen LogP contribution in [0.1, 0.15) is 5.56 Å². The minimum atomic E-state index is -1.09. The Morgan fingerprint density at radius 2 is 1.73 bits per heavy atom. The molecule has 112 valence electrons. The Labute approximate surface area is 123 Å². The molecule has 0 unspecified atom stereocenters. The van der Waals surface area contributed by atoms with E-state index < -0.39 is 17.2 Å². The molecule has 0 aliphatic heterocycles. The zero-order chi connectivity index (χ0) is 16.0. The van der Waals surface area contributed by atoms with E-state index in [0.29, 0.717) is 28.2 Å². The van der Waals surface area contributed by atoms with Crippen molar-refractivity contribution in [3.63, 3.8) is 0 Å². The second-order valence-corrected chi connectivity index (χ2v) is 4.95. The Morgan fingerprint density at radius 1 is 1.09 bits per heavy atom. The van der Waals surface area contributed by atoms with Crippen LogP contribution in [0.3, 0.4) is 0 Å². The van der Waals surface area contributed by atoms with Gasteiger partial charge in [0.25, 0.3) is 5.56 Å². The molecular formula is C15H12F2N4O. The van der Waals surface area contributed by atoms with Gasteiger partial charge >= 0.3 is 0 Å². The first-order valence-corrected chi connectivity index (χ1v) is 6.42. The number of halogens is 2. The second kappa shape index (κ2) is 4.80. The third-order valence-corrected chi connectivity index (χ3v) is 3.63. The minimum Gasteiger partial charge on any atom is -0.397 e. The molecule has 5 N–H and O–H groups in total. The number of benzene rings is 2. The highest BCUT2D eigenvalue weighted by atomic mass is 19.2. The molecule has 22 heavy (non-hydrogen) atoms. The molecule has 3 aromatic rings. The first kappa shape index (κ1) is 14.0. The van der Waals surface area contributed by atoms with Crippen molar-refractivity contribution in [1.29, 1.82) is 0 Å². The first-order chi connectivity index (χ1) is 10.4. The topological polar surface area (TPSA) is 97.8 Å². The number of hydrogen-bond donors (Lipinski definition) is 3. The molecule has 0 amide bonds. The summed E-state index contributed by atoms with van der Waals surface area (Å²) in [5.41, 5.74) is 13.3. The summed E-state index contributed by atoms with van der Waals surface area (Å²) in [6.45, 7) is 1.74. The maximum atomic E-state index is 13.6. The molecule has 0 atom stereocenters. The van der Waals surface area contributed by atoms with Crippen LogP contribution >= 0.6 is 0 Å². The number of nitrogen functional groups attached to an aromatic ring is 2. The fourth-order valence-corrected chi connectivity index (χ4v) is 2.37. The standard InChI is InChI=1S/C15H12F2N4O/c1-6-7(2-3-12(18)13(6)19)14-8-4-10(16)11(17)5-9(8)15(22)21-20-14/h2-5H,18-19H2,1H3,(H,21,22). The largest absolute Gasteiger partial charge is 0.397 e. The van der Waals surface area contributed by atoms with Gasteiger partial charge in [-0.1, -0.05) is 6.07 Å². The van der Waals surface area contributed by atoms with E-state index in [4.69, 9.17) is 11.5 Å². The normalized spacial score (nSPS) is 11.0. The molecule has 0 saturated heterocycles. The fraction of sp³-hybridized carbons (Fsp3) is 0.0667. The molecule has 2 aromatic carbocycles. The molecule has 0 aliphatic carbocycles. The summed E-state index contributed by atoms with van der Waals surface area (Å²) in [6, 6.07) is 5.07. The van der Waals surface area contributed by atoms with Crippen LogP contribution < -0.4 is 17.0 Å². The van der Waals surface area contributed by atoms with Gasteiger partial charge in [-0.15, -0.1) is 0 Å². The fourth-order valence-electron chi connectivity index (χ4n) is 2.37. The van der Waals surface area contributed by atoms with Crippen molar-refractivity contribution < 1.29 is 8.78 Å². The molecule has 7 heteroatoms. The number of aromatic nitrogens is 2. The van der Waals surface area contributed by atoms with Gasteiger partial charge in [0.2, 0.25) is 0 Å². The molecule has 0 fully saturated rings. The number of nitrogens with one attached hydrogen (secondary N) is 1. The SMILES string of the molecule is Cc1c(-c2n[nH]c(=O)c3cc(F)c(F)cc23)ccc(N)c1N. The van der Waals surface area contributed by atoms with Crippen LogP contribution in [0.5, 0.6) is 0 Å². The van der Waals surface area contributed by atoms with Gasteiger partial charge in [-0.05, 0) is 30.7 Å². The number of aromatic amines is 1. The molecule has 0 radical (unpaired) electrons. The summed E-state index contributed by atoms with van der Waals surface area (Å²) in [6.07, 6.45) is 0. The minimum absolute atomic E-state index is 0.0127. The summed E-state index contributed by atoms with van der Waals surface area (Å²) in [5, 5.41) is 6.45. The highest BCUT2D eigenvalue weighted by Gasteiger charge is 2.16. The monoisotopic (exact) mass is 302 g/mol. The molecule has 0 bridgehead atoms. The first-order valence-electron chi connectivity index (χ1n) is 6.42. The zero-order valence-electron chi connectivity index (χ0n) is 11.6. The van der Waals surface area contributed by atoms with E-state index in [9.17, 15) is 13.6 Å². The lowest BCUT2D eigenvalue weighted by Crippen LogP contribution is -2.11. The van der Waals surface area contributed by atoms with Crippen molar-refractivity contribution in [2.45, 2.75) is 6.92 Å². The van der Waals surface area contributed by atoms with Crippen LogP contribution in [0.2, 0.25) is 0 Å². The molecule has 0 spiro atoms. The predicted molar refractivity (Wildman–Crippen MR) is 81.3 cm³/mol. The predicted octanol–water partition coefficient (Wildman–Crippen LogP) is 2.34. The van der Waals surface area contributed by atoms with E-state index in [-0.39, 0.29) is 10.8 Å². The average molecular weight is 302 g/mol. The third kappa shape index (κ3) is 1.98. The zero-order valence-corrected chi connectivity index (χ0v) is 11.6. The lowest BCUT2D eigenvalue weighted by Gasteiger charge is -2.12. The van der Waals surface area contributed by atoms with Crippen LogP contribution in [0.15, 0.2) is 29.1 Å². The van der Waals surface area contributed by atoms with Gasteiger partial charge in [0.1, 0.15) is 0 Å². The van der Waals surface area contributed by atoms with E-state index >= 15 is 0 Å². The third-order valence-electron chi connectivity index (χ3n) is 3.63. The van der Waals surface area contributed by atoms with Gasteiger partial charge in [0, 0.05) is 10.9 Å². The van der Waals surface area contributed by atoms with Crippen molar-refractivity contribution in [3.8, 4) is 11.3 Å². The molecule has 0 saturated carbocycles. The lowest BCUT2D eigenvalue weighted by atomic mass is 9.99. The van der Waals surface area contributed by atoms with Crippen LogP contribution in [0, 0.1) is 18.6 Å². The smallest absolute Gasteiger partial charge is 0.272 e. The van der Waals surface area contributed by atoms with E-state index in [2.05, 4.69) is 10.2 Å². The molecule has 1 aromatic heterocycles. The van der Waals surface area contributed by atoms with Crippen LogP contribution in [-0.4, -0.2) is 10.2 Å². The molecule has 0 aliphatic rings. The average Bonchev–Trinajstić information content (AvgIpc) is 2.48. The Bertz CT molecular complexity index is 966. The highest BCUT2D eigenvalue weighted by Crippen LogP contribution is 2.33. The van der Waals surface area contributed by atoms with Gasteiger partial charge in [-0.25, -0.2) is 13.9 Å². The van der Waals surface area contributed by atoms with Crippen molar-refractivity contribution in [1.82, 2.24) is 10.2 Å². The van der Waals surface area contributed by atoms with Gasteiger partial charge in [-0.2, -0.15) is 5.10 Å². The molecule has 3 rings (SSSR count). The summed E-state index contributed by atoms with van der Waals surface area (Å²) in [5.74, 6) is -2.15. The van der Waals surface area contributed by atoms with E-state index in [1.54, 1.807) is 19.1 Å². The van der Waals surface area contributed by atoms with Crippen LogP contribution in [0.4, 0.5) is 20.2 Å².